The van der Waals surface area contributed by atoms with Crippen LogP contribution in [0, 0.1) is 5.92 Å². The van der Waals surface area contributed by atoms with Crippen LogP contribution in [-0.4, -0.2) is 40.4 Å². The summed E-state index contributed by atoms with van der Waals surface area (Å²) in [5, 5.41) is 16.1. The number of fused-ring (bicyclic) bond motifs is 1. The lowest BCUT2D eigenvalue weighted by molar-refractivity contribution is 0.248. The minimum Gasteiger partial charge on any atom is -0.396 e. The summed E-state index contributed by atoms with van der Waals surface area (Å²) in [5.41, 5.74) is 6.81. The average molecular weight is 288 g/mol. The molecule has 1 saturated carbocycles. The molecule has 0 aromatic carbocycles. The SMILES string of the molecule is Nc1nc(NC2CC2)c2c(n1)N(C1C=CC(CO)C1)CN2. The summed E-state index contributed by atoms with van der Waals surface area (Å²) in [4.78, 5) is 10.9. The van der Waals surface area contributed by atoms with Gasteiger partial charge in [-0.2, -0.15) is 9.97 Å². The molecular weight excluding hydrogens is 268 g/mol. The molecule has 2 unspecified atom stereocenters. The Hall–Kier alpha value is -2.02. The standard InChI is InChI=1S/C14H20N6O/c15-14-18-12(17-9-2-3-9)11-13(19-14)20(7-16-11)10-4-1-8(5-10)6-21/h1,4,8-10,16,21H,2-3,5-7H2,(H3,15,17,18,19). The molecule has 1 aromatic heterocycles. The molecule has 3 aliphatic rings. The van der Waals surface area contributed by atoms with Crippen molar-refractivity contribution in [2.45, 2.75) is 31.3 Å². The molecule has 2 aliphatic carbocycles. The zero-order chi connectivity index (χ0) is 14.4. The van der Waals surface area contributed by atoms with E-state index in [1.54, 1.807) is 0 Å². The van der Waals surface area contributed by atoms with Crippen molar-refractivity contribution < 1.29 is 5.11 Å². The highest BCUT2D eigenvalue weighted by molar-refractivity contribution is 5.83. The van der Waals surface area contributed by atoms with Gasteiger partial charge in [-0.25, -0.2) is 0 Å². The summed E-state index contributed by atoms with van der Waals surface area (Å²) in [5.74, 6) is 2.20. The van der Waals surface area contributed by atoms with Gasteiger partial charge in [0.2, 0.25) is 5.95 Å². The minimum atomic E-state index is 0.196. The third-order valence-electron chi connectivity index (χ3n) is 4.31. The number of hydrogen-bond acceptors (Lipinski definition) is 7. The molecule has 1 aromatic rings. The molecule has 0 saturated heterocycles. The van der Waals surface area contributed by atoms with Gasteiger partial charge in [0.05, 0.1) is 12.7 Å². The Labute approximate surface area is 123 Å². The molecule has 0 bridgehead atoms. The zero-order valence-electron chi connectivity index (χ0n) is 11.8. The van der Waals surface area contributed by atoms with Crippen molar-refractivity contribution in [3.63, 3.8) is 0 Å². The zero-order valence-corrected chi connectivity index (χ0v) is 11.8. The molecule has 4 rings (SSSR count). The van der Waals surface area contributed by atoms with Gasteiger partial charge in [-0.15, -0.1) is 0 Å². The number of aromatic nitrogens is 2. The van der Waals surface area contributed by atoms with E-state index in [0.717, 1.165) is 23.7 Å². The van der Waals surface area contributed by atoms with Gasteiger partial charge in [0.15, 0.2) is 11.6 Å². The molecule has 7 nitrogen and oxygen atoms in total. The highest BCUT2D eigenvalue weighted by atomic mass is 16.3. The monoisotopic (exact) mass is 288 g/mol. The number of hydrogen-bond donors (Lipinski definition) is 4. The van der Waals surface area contributed by atoms with Crippen LogP contribution in [0.5, 0.6) is 0 Å². The third kappa shape index (κ3) is 2.27. The van der Waals surface area contributed by atoms with Gasteiger partial charge in [-0.05, 0) is 19.3 Å². The maximum Gasteiger partial charge on any atom is 0.224 e. The lowest BCUT2D eigenvalue weighted by Gasteiger charge is -2.24. The van der Waals surface area contributed by atoms with E-state index in [1.807, 2.05) is 0 Å². The third-order valence-corrected chi connectivity index (χ3v) is 4.31. The van der Waals surface area contributed by atoms with Crippen LogP contribution in [0.25, 0.3) is 0 Å². The molecule has 2 atom stereocenters. The van der Waals surface area contributed by atoms with Crippen molar-refractivity contribution in [1.29, 1.82) is 0 Å². The van der Waals surface area contributed by atoms with Gasteiger partial charge in [-0.1, -0.05) is 12.2 Å². The summed E-state index contributed by atoms with van der Waals surface area (Å²) in [6.45, 7) is 0.890. The molecule has 1 fully saturated rings. The van der Waals surface area contributed by atoms with Gasteiger partial charge in [0.25, 0.3) is 0 Å². The van der Waals surface area contributed by atoms with E-state index < -0.39 is 0 Å². The second kappa shape index (κ2) is 4.77. The summed E-state index contributed by atoms with van der Waals surface area (Å²) >= 11 is 0. The van der Waals surface area contributed by atoms with Crippen LogP contribution in [0.15, 0.2) is 12.2 Å². The molecule has 0 amide bonds. The fourth-order valence-corrected chi connectivity index (χ4v) is 2.99. The van der Waals surface area contributed by atoms with Crippen LogP contribution in [0.1, 0.15) is 19.3 Å². The first kappa shape index (κ1) is 12.7. The lowest BCUT2D eigenvalue weighted by atomic mass is 10.1. The number of nitrogens with one attached hydrogen (secondary N) is 2. The summed E-state index contributed by atoms with van der Waals surface area (Å²) in [6, 6.07) is 0.767. The average Bonchev–Trinajstić information content (AvgIpc) is 3.01. The van der Waals surface area contributed by atoms with E-state index >= 15 is 0 Å². The predicted molar refractivity (Wildman–Crippen MR) is 82.2 cm³/mol. The molecule has 0 spiro atoms. The Balaban J connectivity index is 1.62. The van der Waals surface area contributed by atoms with Crippen LogP contribution < -0.4 is 21.3 Å². The van der Waals surface area contributed by atoms with E-state index in [9.17, 15) is 5.11 Å². The topological polar surface area (TPSA) is 99.3 Å². The van der Waals surface area contributed by atoms with Crippen molar-refractivity contribution in [3.05, 3.63) is 12.2 Å². The van der Waals surface area contributed by atoms with E-state index in [1.165, 1.54) is 12.8 Å². The molecule has 2 heterocycles. The summed E-state index contributed by atoms with van der Waals surface area (Å²) < 4.78 is 0. The minimum absolute atomic E-state index is 0.196. The Morgan fingerprint density at radius 1 is 1.38 bits per heavy atom. The first-order valence-corrected chi connectivity index (χ1v) is 7.48. The Bertz CT molecular complexity index is 585. The molecule has 112 valence electrons. The first-order valence-electron chi connectivity index (χ1n) is 7.48. The Kier molecular flexibility index (Phi) is 2.88. The molecule has 21 heavy (non-hydrogen) atoms. The maximum atomic E-state index is 9.28. The number of nitrogens with zero attached hydrogens (tertiary/aromatic N) is 3. The molecule has 1 aliphatic heterocycles. The van der Waals surface area contributed by atoms with E-state index in [4.69, 9.17) is 5.73 Å². The quantitative estimate of drug-likeness (QED) is 0.607. The Morgan fingerprint density at radius 3 is 2.95 bits per heavy atom. The number of rotatable bonds is 4. The fraction of sp³-hybridized carbons (Fsp3) is 0.571. The van der Waals surface area contributed by atoms with Crippen LogP contribution in [-0.2, 0) is 0 Å². The van der Waals surface area contributed by atoms with Gasteiger partial charge >= 0.3 is 0 Å². The van der Waals surface area contributed by atoms with E-state index in [2.05, 4.69) is 37.7 Å². The lowest BCUT2D eigenvalue weighted by Crippen LogP contribution is -2.33. The second-order valence-electron chi connectivity index (χ2n) is 5.98. The molecule has 7 heteroatoms. The van der Waals surface area contributed by atoms with Gasteiger partial charge in [-0.3, -0.25) is 0 Å². The highest BCUT2D eigenvalue weighted by Gasteiger charge is 2.33. The van der Waals surface area contributed by atoms with Crippen molar-refractivity contribution in [2.75, 3.05) is 34.5 Å². The number of nitrogen functional groups attached to an aromatic ring is 1. The summed E-state index contributed by atoms with van der Waals surface area (Å²) in [6.07, 6.45) is 7.51. The molecule has 5 N–H and O–H groups in total. The number of nitrogens with two attached hydrogens (primary N) is 1. The van der Waals surface area contributed by atoms with Crippen LogP contribution in [0.3, 0.4) is 0 Å². The smallest absolute Gasteiger partial charge is 0.224 e. The Morgan fingerprint density at radius 2 is 2.24 bits per heavy atom. The van der Waals surface area contributed by atoms with Crippen molar-refractivity contribution in [1.82, 2.24) is 9.97 Å². The van der Waals surface area contributed by atoms with Crippen LogP contribution in [0.4, 0.5) is 23.3 Å². The van der Waals surface area contributed by atoms with Crippen molar-refractivity contribution in [3.8, 4) is 0 Å². The van der Waals surface area contributed by atoms with E-state index in [0.29, 0.717) is 18.7 Å². The number of anilines is 4. The normalized spacial score (nSPS) is 26.8. The molecule has 0 radical (unpaired) electrons. The predicted octanol–water partition coefficient (Wildman–Crippen LogP) is 0.759. The van der Waals surface area contributed by atoms with Crippen LogP contribution in [0.2, 0.25) is 0 Å². The van der Waals surface area contributed by atoms with Crippen molar-refractivity contribution in [2.24, 2.45) is 5.92 Å². The van der Waals surface area contributed by atoms with Gasteiger partial charge < -0.3 is 26.4 Å². The number of aliphatic hydroxyl groups is 1. The molecular formula is C14H20N6O. The van der Waals surface area contributed by atoms with Gasteiger partial charge in [0, 0.05) is 18.6 Å². The van der Waals surface area contributed by atoms with Crippen LogP contribution >= 0.6 is 0 Å². The van der Waals surface area contributed by atoms with Gasteiger partial charge in [0.1, 0.15) is 5.69 Å². The maximum absolute atomic E-state index is 9.28. The highest BCUT2D eigenvalue weighted by Crippen LogP contribution is 2.40. The largest absolute Gasteiger partial charge is 0.396 e. The number of aliphatic hydroxyl groups excluding tert-OH is 1. The van der Waals surface area contributed by atoms with E-state index in [-0.39, 0.29) is 18.6 Å². The van der Waals surface area contributed by atoms with Crippen molar-refractivity contribution >= 4 is 23.3 Å². The summed E-state index contributed by atoms with van der Waals surface area (Å²) in [7, 11) is 0. The fourth-order valence-electron chi connectivity index (χ4n) is 2.99. The second-order valence-corrected chi connectivity index (χ2v) is 5.98. The first-order chi connectivity index (χ1) is 10.2.